The molecule has 0 radical (unpaired) electrons. The number of likely N-dealkylation sites (N-methyl/N-ethyl adjacent to an activating group) is 1. The fraction of sp³-hybridized carbons (Fsp3) is 0.429. The summed E-state index contributed by atoms with van der Waals surface area (Å²) < 4.78 is 0. The van der Waals surface area contributed by atoms with Crippen molar-refractivity contribution in [2.75, 3.05) is 7.05 Å². The zero-order chi connectivity index (χ0) is 14.4. The Balaban J connectivity index is 2.60. The van der Waals surface area contributed by atoms with Gasteiger partial charge < -0.3 is 15.7 Å². The molecule has 1 amide bonds. The van der Waals surface area contributed by atoms with Gasteiger partial charge in [0, 0.05) is 13.6 Å². The minimum absolute atomic E-state index is 0.349. The monoisotopic (exact) mass is 264 g/mol. The lowest BCUT2D eigenvalue weighted by Crippen LogP contribution is -2.42. The zero-order valence-electron chi connectivity index (χ0n) is 11.3. The lowest BCUT2D eigenvalue weighted by atomic mass is 10.1. The van der Waals surface area contributed by atoms with Crippen molar-refractivity contribution < 1.29 is 14.7 Å². The molecule has 0 bridgehead atoms. The van der Waals surface area contributed by atoms with Gasteiger partial charge in [-0.2, -0.15) is 0 Å². The highest BCUT2D eigenvalue weighted by Gasteiger charge is 2.20. The number of aryl methyl sites for hydroxylation is 1. The molecule has 0 heterocycles. The molecule has 0 aliphatic rings. The van der Waals surface area contributed by atoms with Crippen LogP contribution in [-0.2, 0) is 22.6 Å². The standard InChI is InChI=1S/C14H20N2O3/c1-3-10-4-6-11(7-5-10)9-16(2)14(19)12(15)8-13(17)18/h4-7,12H,3,8-9,15H2,1-2H3,(H,17,18). The van der Waals surface area contributed by atoms with Gasteiger partial charge in [-0.15, -0.1) is 0 Å². The third-order valence-corrected chi connectivity index (χ3v) is 2.94. The summed E-state index contributed by atoms with van der Waals surface area (Å²) in [7, 11) is 1.62. The Hall–Kier alpha value is -1.88. The second-order valence-electron chi connectivity index (χ2n) is 4.57. The number of aliphatic carboxylic acids is 1. The molecule has 5 heteroatoms. The lowest BCUT2D eigenvalue weighted by Gasteiger charge is -2.20. The Morgan fingerprint density at radius 1 is 1.26 bits per heavy atom. The third kappa shape index (κ3) is 4.71. The number of hydrogen-bond donors (Lipinski definition) is 2. The van der Waals surface area contributed by atoms with E-state index in [-0.39, 0.29) is 12.3 Å². The summed E-state index contributed by atoms with van der Waals surface area (Å²) in [5, 5.41) is 8.61. The molecule has 1 unspecified atom stereocenters. The molecule has 0 saturated carbocycles. The molecule has 104 valence electrons. The van der Waals surface area contributed by atoms with E-state index < -0.39 is 12.0 Å². The summed E-state index contributed by atoms with van der Waals surface area (Å²) in [5.74, 6) is -1.43. The van der Waals surface area contributed by atoms with Gasteiger partial charge in [-0.05, 0) is 17.5 Å². The highest BCUT2D eigenvalue weighted by atomic mass is 16.4. The van der Waals surface area contributed by atoms with Crippen molar-refractivity contribution in [2.24, 2.45) is 5.73 Å². The maximum Gasteiger partial charge on any atom is 0.305 e. The van der Waals surface area contributed by atoms with Gasteiger partial charge in [0.25, 0.3) is 0 Å². The minimum Gasteiger partial charge on any atom is -0.481 e. The normalized spacial score (nSPS) is 11.9. The minimum atomic E-state index is -1.07. The van der Waals surface area contributed by atoms with Crippen molar-refractivity contribution in [3.63, 3.8) is 0 Å². The van der Waals surface area contributed by atoms with Gasteiger partial charge in [0.05, 0.1) is 12.5 Å². The predicted molar refractivity (Wildman–Crippen MR) is 72.5 cm³/mol. The van der Waals surface area contributed by atoms with E-state index in [0.29, 0.717) is 6.54 Å². The van der Waals surface area contributed by atoms with Crippen LogP contribution in [0.3, 0.4) is 0 Å². The third-order valence-electron chi connectivity index (χ3n) is 2.94. The summed E-state index contributed by atoms with van der Waals surface area (Å²) in [6, 6.07) is 6.98. The van der Waals surface area contributed by atoms with Crippen molar-refractivity contribution in [3.05, 3.63) is 35.4 Å². The average Bonchev–Trinajstić information content (AvgIpc) is 2.37. The molecule has 19 heavy (non-hydrogen) atoms. The topological polar surface area (TPSA) is 83.6 Å². The van der Waals surface area contributed by atoms with E-state index in [4.69, 9.17) is 10.8 Å². The quantitative estimate of drug-likeness (QED) is 0.803. The molecule has 0 aromatic heterocycles. The molecule has 1 atom stereocenters. The molecule has 1 rings (SSSR count). The summed E-state index contributed by atoms with van der Waals surface area (Å²) in [5.41, 5.74) is 7.78. The van der Waals surface area contributed by atoms with Gasteiger partial charge in [0.15, 0.2) is 0 Å². The summed E-state index contributed by atoms with van der Waals surface area (Å²) in [6.07, 6.45) is 0.622. The molecule has 3 N–H and O–H groups in total. The van der Waals surface area contributed by atoms with Crippen LogP contribution >= 0.6 is 0 Å². The second-order valence-corrected chi connectivity index (χ2v) is 4.57. The molecular weight excluding hydrogens is 244 g/mol. The fourth-order valence-corrected chi connectivity index (χ4v) is 1.79. The van der Waals surface area contributed by atoms with Gasteiger partial charge in [0.2, 0.25) is 5.91 Å². The van der Waals surface area contributed by atoms with E-state index in [1.54, 1.807) is 7.05 Å². The number of carbonyl (C=O) groups excluding carboxylic acids is 1. The first-order chi connectivity index (χ1) is 8.93. The Kier molecular flexibility index (Phi) is 5.51. The molecule has 0 fully saturated rings. The van der Waals surface area contributed by atoms with Crippen LogP contribution in [-0.4, -0.2) is 35.0 Å². The van der Waals surface area contributed by atoms with Crippen LogP contribution in [0.2, 0.25) is 0 Å². The molecular formula is C14H20N2O3. The van der Waals surface area contributed by atoms with Gasteiger partial charge in [0.1, 0.15) is 0 Å². The smallest absolute Gasteiger partial charge is 0.305 e. The number of amides is 1. The van der Waals surface area contributed by atoms with E-state index in [0.717, 1.165) is 12.0 Å². The molecule has 1 aromatic rings. The highest BCUT2D eigenvalue weighted by Crippen LogP contribution is 2.08. The summed E-state index contributed by atoms with van der Waals surface area (Å²) >= 11 is 0. The number of carboxylic acid groups (broad SMARTS) is 1. The number of nitrogens with zero attached hydrogens (tertiary/aromatic N) is 1. The molecule has 0 spiro atoms. The van der Waals surface area contributed by atoms with Gasteiger partial charge in [-0.1, -0.05) is 31.2 Å². The summed E-state index contributed by atoms with van der Waals surface area (Å²) in [6.45, 7) is 2.51. The number of carboxylic acids is 1. The maximum absolute atomic E-state index is 11.8. The molecule has 5 nitrogen and oxygen atoms in total. The maximum atomic E-state index is 11.8. The fourth-order valence-electron chi connectivity index (χ4n) is 1.79. The number of benzene rings is 1. The van der Waals surface area contributed by atoms with E-state index in [9.17, 15) is 9.59 Å². The molecule has 0 aliphatic heterocycles. The first-order valence-corrected chi connectivity index (χ1v) is 6.24. The van der Waals surface area contributed by atoms with Crippen molar-refractivity contribution in [1.82, 2.24) is 4.90 Å². The lowest BCUT2D eigenvalue weighted by molar-refractivity contribution is -0.141. The van der Waals surface area contributed by atoms with Crippen molar-refractivity contribution in [2.45, 2.75) is 32.4 Å². The van der Waals surface area contributed by atoms with Crippen LogP contribution in [0.15, 0.2) is 24.3 Å². The van der Waals surface area contributed by atoms with E-state index in [1.165, 1.54) is 10.5 Å². The van der Waals surface area contributed by atoms with E-state index in [1.807, 2.05) is 24.3 Å². The van der Waals surface area contributed by atoms with Crippen LogP contribution in [0.5, 0.6) is 0 Å². The first kappa shape index (κ1) is 15.2. The van der Waals surface area contributed by atoms with Crippen LogP contribution in [0.25, 0.3) is 0 Å². The van der Waals surface area contributed by atoms with Crippen molar-refractivity contribution >= 4 is 11.9 Å². The van der Waals surface area contributed by atoms with E-state index in [2.05, 4.69) is 6.92 Å². The van der Waals surface area contributed by atoms with Crippen LogP contribution in [0, 0.1) is 0 Å². The number of nitrogens with two attached hydrogens (primary N) is 1. The SMILES string of the molecule is CCc1ccc(CN(C)C(=O)C(N)CC(=O)O)cc1. The Morgan fingerprint density at radius 2 is 1.79 bits per heavy atom. The van der Waals surface area contributed by atoms with E-state index >= 15 is 0 Å². The zero-order valence-corrected chi connectivity index (χ0v) is 11.3. The molecule has 0 saturated heterocycles. The highest BCUT2D eigenvalue weighted by molar-refractivity contribution is 5.85. The molecule has 1 aromatic carbocycles. The number of rotatable bonds is 6. The number of carbonyl (C=O) groups is 2. The van der Waals surface area contributed by atoms with Crippen LogP contribution in [0.1, 0.15) is 24.5 Å². The van der Waals surface area contributed by atoms with Gasteiger partial charge in [-0.3, -0.25) is 9.59 Å². The van der Waals surface area contributed by atoms with Gasteiger partial charge >= 0.3 is 5.97 Å². The second kappa shape index (κ2) is 6.89. The largest absolute Gasteiger partial charge is 0.481 e. The summed E-state index contributed by atoms with van der Waals surface area (Å²) in [4.78, 5) is 23.8. The average molecular weight is 264 g/mol. The Bertz CT molecular complexity index is 443. The Morgan fingerprint density at radius 3 is 2.26 bits per heavy atom. The van der Waals surface area contributed by atoms with Crippen LogP contribution < -0.4 is 5.73 Å². The van der Waals surface area contributed by atoms with Crippen molar-refractivity contribution in [1.29, 1.82) is 0 Å². The van der Waals surface area contributed by atoms with Crippen molar-refractivity contribution in [3.8, 4) is 0 Å². The van der Waals surface area contributed by atoms with Gasteiger partial charge in [-0.25, -0.2) is 0 Å². The van der Waals surface area contributed by atoms with Crippen LogP contribution in [0.4, 0.5) is 0 Å². The first-order valence-electron chi connectivity index (χ1n) is 6.24. The number of hydrogen-bond acceptors (Lipinski definition) is 3. The Labute approximate surface area is 113 Å². The molecule has 0 aliphatic carbocycles. The predicted octanol–water partition coefficient (Wildman–Crippen LogP) is 1.01.